The van der Waals surface area contributed by atoms with Crippen LogP contribution in [-0.2, 0) is 6.18 Å². The summed E-state index contributed by atoms with van der Waals surface area (Å²) in [5, 5.41) is 0. The van der Waals surface area contributed by atoms with Crippen LogP contribution in [0.25, 0.3) is 11.6 Å². The van der Waals surface area contributed by atoms with Gasteiger partial charge < -0.3 is 10.6 Å². The van der Waals surface area contributed by atoms with Crippen molar-refractivity contribution in [1.29, 1.82) is 0 Å². The van der Waals surface area contributed by atoms with Gasteiger partial charge in [0.05, 0.1) is 0 Å². The Balaban J connectivity index is 1.70. The summed E-state index contributed by atoms with van der Waals surface area (Å²) in [7, 11) is 0. The van der Waals surface area contributed by atoms with E-state index < -0.39 is 79.1 Å². The number of nitrogens with two attached hydrogens (primary N) is 1. The maximum absolute atomic E-state index is 13.4. The lowest BCUT2D eigenvalue weighted by Gasteiger charge is -2.50. The van der Waals surface area contributed by atoms with E-state index in [1.807, 2.05) is 0 Å². The minimum atomic E-state index is -4.75. The maximum atomic E-state index is 13.4. The van der Waals surface area contributed by atoms with Crippen molar-refractivity contribution in [2.24, 2.45) is 0 Å². The summed E-state index contributed by atoms with van der Waals surface area (Å²) in [6.07, 6.45) is -6.25. The second-order valence-electron chi connectivity index (χ2n) is 7.32. The fourth-order valence-corrected chi connectivity index (χ4v) is 3.50. The molecule has 2 N–H and O–H groups in total. The molecule has 2 aliphatic carbocycles. The van der Waals surface area contributed by atoms with E-state index in [0.29, 0.717) is 6.07 Å². The van der Waals surface area contributed by atoms with Gasteiger partial charge in [-0.05, 0) is 6.07 Å². The number of halogens is 7. The van der Waals surface area contributed by atoms with E-state index in [1.165, 1.54) is 4.90 Å². The minimum absolute atomic E-state index is 0.278. The van der Waals surface area contributed by atoms with Crippen LogP contribution in [0.3, 0.4) is 0 Å². The zero-order valence-electron chi connectivity index (χ0n) is 15.0. The van der Waals surface area contributed by atoms with Gasteiger partial charge in [-0.25, -0.2) is 27.5 Å². The molecular formula is C16H14F7N7. The molecule has 2 heterocycles. The number of anilines is 2. The number of aromatic nitrogens is 5. The summed E-state index contributed by atoms with van der Waals surface area (Å²) in [5.41, 5.74) is 4.37. The molecule has 0 aliphatic heterocycles. The first-order valence-electron chi connectivity index (χ1n) is 8.79. The van der Waals surface area contributed by atoms with E-state index in [-0.39, 0.29) is 5.95 Å². The lowest BCUT2D eigenvalue weighted by Crippen LogP contribution is -2.60. The summed E-state index contributed by atoms with van der Waals surface area (Å²) >= 11 is 0. The molecule has 0 bridgehead atoms. The van der Waals surface area contributed by atoms with Crippen LogP contribution in [0.15, 0.2) is 12.3 Å². The summed E-state index contributed by atoms with van der Waals surface area (Å²) in [4.78, 5) is 19.8. The number of nitrogens with zero attached hydrogens (tertiary/aromatic N) is 6. The lowest BCUT2D eigenvalue weighted by atomic mass is 9.80. The van der Waals surface area contributed by atoms with Gasteiger partial charge in [0, 0.05) is 44.0 Å². The topological polar surface area (TPSA) is 93.7 Å². The summed E-state index contributed by atoms with van der Waals surface area (Å²) < 4.78 is 92.4. The Morgan fingerprint density at radius 3 is 1.93 bits per heavy atom. The molecule has 0 atom stereocenters. The van der Waals surface area contributed by atoms with Crippen LogP contribution in [0.5, 0.6) is 0 Å². The van der Waals surface area contributed by atoms with Crippen molar-refractivity contribution in [2.75, 3.05) is 10.6 Å². The number of hydrogen-bond donors (Lipinski definition) is 1. The normalized spacial score (nSPS) is 21.0. The smallest absolute Gasteiger partial charge is 0.368 e. The first-order chi connectivity index (χ1) is 13.8. The molecule has 2 aliphatic rings. The Bertz CT molecular complexity index is 925. The van der Waals surface area contributed by atoms with Crippen molar-refractivity contribution in [3.8, 4) is 11.6 Å². The fraction of sp³-hybridized carbons (Fsp3) is 0.562. The van der Waals surface area contributed by atoms with Gasteiger partial charge in [0.2, 0.25) is 17.7 Å². The molecule has 30 heavy (non-hydrogen) atoms. The SMILES string of the molecule is Nc1nc(-c2nccc(C(F)(F)F)n2)nc(N(C2CC(F)(F)C2)C2CC(F)(F)C2)n1. The van der Waals surface area contributed by atoms with Crippen molar-refractivity contribution in [3.63, 3.8) is 0 Å². The Hall–Kier alpha value is -2.80. The number of nitrogen functional groups attached to an aromatic ring is 1. The van der Waals surface area contributed by atoms with Crippen LogP contribution in [0.2, 0.25) is 0 Å². The van der Waals surface area contributed by atoms with Gasteiger partial charge >= 0.3 is 6.18 Å². The van der Waals surface area contributed by atoms with Crippen LogP contribution >= 0.6 is 0 Å². The molecule has 162 valence electrons. The minimum Gasteiger partial charge on any atom is -0.368 e. The maximum Gasteiger partial charge on any atom is 0.433 e. The first-order valence-corrected chi connectivity index (χ1v) is 8.79. The number of hydrogen-bond acceptors (Lipinski definition) is 7. The second kappa shape index (κ2) is 6.60. The second-order valence-corrected chi connectivity index (χ2v) is 7.32. The zero-order chi connectivity index (χ0) is 21.9. The van der Waals surface area contributed by atoms with Crippen LogP contribution in [0, 0.1) is 0 Å². The van der Waals surface area contributed by atoms with Gasteiger partial charge in [0.15, 0.2) is 5.82 Å². The summed E-state index contributed by atoms with van der Waals surface area (Å²) in [6.45, 7) is 0. The van der Waals surface area contributed by atoms with E-state index in [9.17, 15) is 30.7 Å². The molecule has 2 aromatic heterocycles. The lowest BCUT2D eigenvalue weighted by molar-refractivity contribution is -0.141. The first kappa shape index (κ1) is 20.5. The van der Waals surface area contributed by atoms with Gasteiger partial charge in [0.25, 0.3) is 11.8 Å². The zero-order valence-corrected chi connectivity index (χ0v) is 15.0. The van der Waals surface area contributed by atoms with Gasteiger partial charge in [-0.2, -0.15) is 28.1 Å². The van der Waals surface area contributed by atoms with Crippen molar-refractivity contribution < 1.29 is 30.7 Å². The quantitative estimate of drug-likeness (QED) is 0.734. The molecule has 14 heteroatoms. The van der Waals surface area contributed by atoms with E-state index in [4.69, 9.17) is 5.73 Å². The largest absolute Gasteiger partial charge is 0.433 e. The molecule has 2 saturated carbocycles. The van der Waals surface area contributed by atoms with Crippen LogP contribution in [-0.4, -0.2) is 48.8 Å². The molecule has 2 aromatic rings. The van der Waals surface area contributed by atoms with Crippen LogP contribution in [0.4, 0.5) is 42.6 Å². The van der Waals surface area contributed by atoms with Gasteiger partial charge in [-0.1, -0.05) is 0 Å². The van der Waals surface area contributed by atoms with Crippen LogP contribution in [0.1, 0.15) is 31.4 Å². The fourth-order valence-electron chi connectivity index (χ4n) is 3.50. The van der Waals surface area contributed by atoms with Crippen LogP contribution < -0.4 is 10.6 Å². The predicted octanol–water partition coefficient (Wildman–Crippen LogP) is 3.33. The Labute approximate surface area is 164 Å². The Morgan fingerprint density at radius 2 is 1.43 bits per heavy atom. The predicted molar refractivity (Wildman–Crippen MR) is 88.7 cm³/mol. The molecular weight excluding hydrogens is 423 g/mol. The molecule has 2 fully saturated rings. The molecule has 0 amide bonds. The Kier molecular flexibility index (Phi) is 4.51. The number of rotatable bonds is 4. The van der Waals surface area contributed by atoms with Crippen molar-refractivity contribution in [2.45, 2.75) is 55.8 Å². The summed E-state index contributed by atoms with van der Waals surface area (Å²) in [5.74, 6) is -7.54. The van der Waals surface area contributed by atoms with E-state index in [1.54, 1.807) is 0 Å². The van der Waals surface area contributed by atoms with E-state index in [2.05, 4.69) is 24.9 Å². The van der Waals surface area contributed by atoms with Crippen molar-refractivity contribution in [3.05, 3.63) is 18.0 Å². The third-order valence-electron chi connectivity index (χ3n) is 4.94. The third-order valence-corrected chi connectivity index (χ3v) is 4.94. The van der Waals surface area contributed by atoms with Gasteiger partial charge in [-0.3, -0.25) is 0 Å². The highest BCUT2D eigenvalue weighted by atomic mass is 19.4. The van der Waals surface area contributed by atoms with E-state index in [0.717, 1.165) is 6.20 Å². The highest BCUT2D eigenvalue weighted by molar-refractivity contribution is 5.51. The molecule has 7 nitrogen and oxygen atoms in total. The molecule has 0 spiro atoms. The average molecular weight is 437 g/mol. The van der Waals surface area contributed by atoms with Gasteiger partial charge in [-0.15, -0.1) is 0 Å². The van der Waals surface area contributed by atoms with E-state index >= 15 is 0 Å². The average Bonchev–Trinajstić information content (AvgIpc) is 2.58. The van der Waals surface area contributed by atoms with Crippen molar-refractivity contribution >= 4 is 11.9 Å². The highest BCUT2D eigenvalue weighted by Crippen LogP contribution is 2.48. The molecule has 0 aromatic carbocycles. The summed E-state index contributed by atoms with van der Waals surface area (Å²) in [6, 6.07) is -0.995. The molecule has 4 rings (SSSR count). The third kappa shape index (κ3) is 3.94. The highest BCUT2D eigenvalue weighted by Gasteiger charge is 2.55. The molecule has 0 unspecified atom stereocenters. The van der Waals surface area contributed by atoms with Crippen molar-refractivity contribution in [1.82, 2.24) is 24.9 Å². The number of alkyl halides is 7. The monoisotopic (exact) mass is 437 g/mol. The molecule has 0 saturated heterocycles. The Morgan fingerprint density at radius 1 is 0.867 bits per heavy atom. The van der Waals surface area contributed by atoms with Gasteiger partial charge in [0.1, 0.15) is 5.69 Å². The standard InChI is InChI=1S/C16H14F7N7/c17-14(18)3-7(4-14)30(8-5-15(19,20)6-8)13-28-11(27-12(24)29-13)10-25-2-1-9(26-10)16(21,22)23/h1-2,7-8H,3-6H2,(H2,24,27,28,29). The molecule has 0 radical (unpaired) electrons.